The Morgan fingerprint density at radius 2 is 2.10 bits per heavy atom. The van der Waals surface area contributed by atoms with Gasteiger partial charge in [0.05, 0.1) is 17.8 Å². The molecule has 1 aromatic carbocycles. The van der Waals surface area contributed by atoms with E-state index < -0.39 is 5.82 Å². The summed E-state index contributed by atoms with van der Waals surface area (Å²) in [7, 11) is 0. The molecule has 1 aliphatic rings. The van der Waals surface area contributed by atoms with E-state index in [4.69, 9.17) is 9.84 Å². The predicted molar refractivity (Wildman–Crippen MR) is 76.3 cm³/mol. The zero-order valence-corrected chi connectivity index (χ0v) is 12.1. The van der Waals surface area contributed by atoms with Crippen molar-refractivity contribution in [1.29, 1.82) is 0 Å². The Bertz CT molecular complexity index is 581. The van der Waals surface area contributed by atoms with Gasteiger partial charge in [0.2, 0.25) is 0 Å². The van der Waals surface area contributed by atoms with Gasteiger partial charge in [-0.3, -0.25) is 4.79 Å². The molecule has 1 N–H and O–H groups in total. The van der Waals surface area contributed by atoms with Crippen molar-refractivity contribution in [2.75, 3.05) is 19.7 Å². The Kier molecular flexibility index (Phi) is 4.94. The molecular weight excluding hydrogens is 273 g/mol. The summed E-state index contributed by atoms with van der Waals surface area (Å²) in [5.41, 5.74) is 0.638. The van der Waals surface area contributed by atoms with Crippen LogP contribution in [0.2, 0.25) is 0 Å². The van der Waals surface area contributed by atoms with Crippen molar-refractivity contribution in [2.24, 2.45) is 0 Å². The number of rotatable bonds is 1. The third kappa shape index (κ3) is 3.81. The van der Waals surface area contributed by atoms with E-state index in [9.17, 15) is 9.18 Å². The van der Waals surface area contributed by atoms with E-state index >= 15 is 0 Å². The van der Waals surface area contributed by atoms with Gasteiger partial charge in [-0.25, -0.2) is 4.39 Å². The van der Waals surface area contributed by atoms with E-state index in [1.165, 1.54) is 18.2 Å². The minimum atomic E-state index is -0.461. The number of hydrogen-bond donors (Lipinski definition) is 1. The number of halogens is 1. The van der Waals surface area contributed by atoms with Gasteiger partial charge in [-0.1, -0.05) is 11.8 Å². The van der Waals surface area contributed by atoms with Gasteiger partial charge in [-0.2, -0.15) is 0 Å². The molecule has 1 heterocycles. The smallest absolute Gasteiger partial charge is 0.255 e. The number of benzene rings is 1. The van der Waals surface area contributed by atoms with Crippen LogP contribution < -0.4 is 0 Å². The number of aliphatic hydroxyl groups excluding tert-OH is 1. The summed E-state index contributed by atoms with van der Waals surface area (Å²) >= 11 is 0. The summed E-state index contributed by atoms with van der Waals surface area (Å²) in [4.78, 5) is 14.3. The maximum Gasteiger partial charge on any atom is 0.255 e. The van der Waals surface area contributed by atoms with Crippen molar-refractivity contribution in [3.8, 4) is 11.8 Å². The molecule has 2 rings (SSSR count). The van der Waals surface area contributed by atoms with E-state index in [-0.39, 0.29) is 24.7 Å². The van der Waals surface area contributed by atoms with Gasteiger partial charge < -0.3 is 14.7 Å². The molecule has 0 spiro atoms. The normalized spacial score (nSPS) is 21.6. The first-order chi connectivity index (χ1) is 10.0. The standard InChI is InChI=1S/C16H18FNO3/c1-11-9-18(10-12(2)21-11)16(20)15-6-5-14(17)8-13(15)4-3-7-19/h5-6,8,11-12,19H,7,9-10H2,1-2H3. The predicted octanol–water partition coefficient (Wildman–Crippen LogP) is 1.42. The molecule has 1 amide bonds. The van der Waals surface area contributed by atoms with Crippen LogP contribution in [0.4, 0.5) is 4.39 Å². The van der Waals surface area contributed by atoms with Crippen molar-refractivity contribution in [1.82, 2.24) is 4.90 Å². The van der Waals surface area contributed by atoms with Crippen LogP contribution in [0.5, 0.6) is 0 Å². The number of carbonyl (C=O) groups is 1. The molecule has 5 heteroatoms. The average Bonchev–Trinajstić information content (AvgIpc) is 2.43. The first kappa shape index (κ1) is 15.5. The molecule has 0 aliphatic carbocycles. The van der Waals surface area contributed by atoms with Crippen LogP contribution in [0.1, 0.15) is 29.8 Å². The second-order valence-electron chi connectivity index (χ2n) is 5.12. The fourth-order valence-electron chi connectivity index (χ4n) is 2.46. The third-order valence-electron chi connectivity index (χ3n) is 3.22. The van der Waals surface area contributed by atoms with Crippen LogP contribution in [0, 0.1) is 17.7 Å². The van der Waals surface area contributed by atoms with Crippen molar-refractivity contribution in [3.05, 3.63) is 35.1 Å². The number of hydrogen-bond acceptors (Lipinski definition) is 3. The quantitative estimate of drug-likeness (QED) is 0.796. The van der Waals surface area contributed by atoms with Gasteiger partial charge in [0, 0.05) is 18.7 Å². The van der Waals surface area contributed by atoms with Gasteiger partial charge in [0.25, 0.3) is 5.91 Å². The van der Waals surface area contributed by atoms with Crippen LogP contribution in [-0.4, -0.2) is 47.8 Å². The lowest BCUT2D eigenvalue weighted by atomic mass is 10.1. The molecule has 1 fully saturated rings. The molecule has 1 aromatic rings. The number of nitrogens with zero attached hydrogens (tertiary/aromatic N) is 1. The Balaban J connectivity index is 2.30. The topological polar surface area (TPSA) is 49.8 Å². The first-order valence-electron chi connectivity index (χ1n) is 6.85. The van der Waals surface area contributed by atoms with E-state index in [2.05, 4.69) is 11.8 Å². The Morgan fingerprint density at radius 1 is 1.43 bits per heavy atom. The fraction of sp³-hybridized carbons (Fsp3) is 0.438. The Labute approximate surface area is 123 Å². The SMILES string of the molecule is CC1CN(C(=O)c2ccc(F)cc2C#CCO)CC(C)O1. The molecule has 4 nitrogen and oxygen atoms in total. The molecule has 2 unspecified atom stereocenters. The van der Waals surface area contributed by atoms with Crippen LogP contribution >= 0.6 is 0 Å². The van der Waals surface area contributed by atoms with E-state index in [1.807, 2.05) is 13.8 Å². The molecular formula is C16H18FNO3. The second-order valence-corrected chi connectivity index (χ2v) is 5.12. The molecule has 0 radical (unpaired) electrons. The summed E-state index contributed by atoms with van der Waals surface area (Å²) in [5.74, 6) is 4.42. The lowest BCUT2D eigenvalue weighted by molar-refractivity contribution is -0.0586. The van der Waals surface area contributed by atoms with Gasteiger partial charge in [0.1, 0.15) is 12.4 Å². The minimum absolute atomic E-state index is 0.0369. The molecule has 2 atom stereocenters. The number of ether oxygens (including phenoxy) is 1. The molecule has 0 bridgehead atoms. The third-order valence-corrected chi connectivity index (χ3v) is 3.22. The van der Waals surface area contributed by atoms with Gasteiger partial charge in [-0.05, 0) is 32.0 Å². The fourth-order valence-corrected chi connectivity index (χ4v) is 2.46. The second kappa shape index (κ2) is 6.70. The van der Waals surface area contributed by atoms with Crippen LogP contribution in [0.15, 0.2) is 18.2 Å². The summed E-state index contributed by atoms with van der Waals surface area (Å²) in [5, 5.41) is 8.77. The monoisotopic (exact) mass is 291 g/mol. The van der Waals surface area contributed by atoms with E-state index in [0.717, 1.165) is 0 Å². The van der Waals surface area contributed by atoms with Gasteiger partial charge >= 0.3 is 0 Å². The molecule has 0 saturated carbocycles. The molecule has 1 aliphatic heterocycles. The number of aliphatic hydroxyl groups is 1. The van der Waals surface area contributed by atoms with E-state index in [0.29, 0.717) is 24.2 Å². The van der Waals surface area contributed by atoms with Gasteiger partial charge in [-0.15, -0.1) is 0 Å². The zero-order chi connectivity index (χ0) is 15.4. The summed E-state index contributed by atoms with van der Waals surface area (Å²) in [6, 6.07) is 3.89. The number of morpholine rings is 1. The van der Waals surface area contributed by atoms with Crippen molar-refractivity contribution in [3.63, 3.8) is 0 Å². The van der Waals surface area contributed by atoms with E-state index in [1.54, 1.807) is 4.90 Å². The van der Waals surface area contributed by atoms with Crippen LogP contribution in [0.3, 0.4) is 0 Å². The van der Waals surface area contributed by atoms with Crippen molar-refractivity contribution in [2.45, 2.75) is 26.1 Å². The molecule has 112 valence electrons. The number of amides is 1. The molecule has 0 aromatic heterocycles. The van der Waals surface area contributed by atoms with Crippen molar-refractivity contribution >= 4 is 5.91 Å². The highest BCUT2D eigenvalue weighted by atomic mass is 19.1. The molecule has 21 heavy (non-hydrogen) atoms. The zero-order valence-electron chi connectivity index (χ0n) is 12.1. The Hall–Kier alpha value is -1.90. The highest BCUT2D eigenvalue weighted by Gasteiger charge is 2.27. The minimum Gasteiger partial charge on any atom is -0.384 e. The summed E-state index contributed by atoms with van der Waals surface area (Å²) < 4.78 is 18.9. The van der Waals surface area contributed by atoms with Crippen LogP contribution in [0.25, 0.3) is 0 Å². The number of carbonyl (C=O) groups excluding carboxylic acids is 1. The summed E-state index contributed by atoms with van der Waals surface area (Å²) in [6.07, 6.45) is -0.0738. The van der Waals surface area contributed by atoms with Crippen molar-refractivity contribution < 1.29 is 19.0 Å². The largest absolute Gasteiger partial charge is 0.384 e. The lowest BCUT2D eigenvalue weighted by Gasteiger charge is -2.35. The average molecular weight is 291 g/mol. The van der Waals surface area contributed by atoms with Crippen LogP contribution in [-0.2, 0) is 4.74 Å². The summed E-state index contributed by atoms with van der Waals surface area (Å²) in [6.45, 7) is 4.47. The molecule has 1 saturated heterocycles. The maximum absolute atomic E-state index is 13.3. The Morgan fingerprint density at radius 3 is 2.71 bits per heavy atom. The van der Waals surface area contributed by atoms with Gasteiger partial charge in [0.15, 0.2) is 0 Å². The maximum atomic E-state index is 13.3. The highest BCUT2D eigenvalue weighted by Crippen LogP contribution is 2.17. The first-order valence-corrected chi connectivity index (χ1v) is 6.85. The lowest BCUT2D eigenvalue weighted by Crippen LogP contribution is -2.48. The highest BCUT2D eigenvalue weighted by molar-refractivity contribution is 5.96.